The standard InChI is InChI=1S/C12H25NO5/c1-4-13-12(2,11(14)15)5-6-17-9-10-18-8-7-16-3/h13H,4-10H2,1-3H3,(H,14,15). The molecule has 18 heavy (non-hydrogen) atoms. The fraction of sp³-hybridized carbons (Fsp3) is 0.917. The summed E-state index contributed by atoms with van der Waals surface area (Å²) in [7, 11) is 1.62. The van der Waals surface area contributed by atoms with Gasteiger partial charge in [-0.1, -0.05) is 6.92 Å². The summed E-state index contributed by atoms with van der Waals surface area (Å²) >= 11 is 0. The van der Waals surface area contributed by atoms with E-state index in [-0.39, 0.29) is 0 Å². The zero-order chi connectivity index (χ0) is 13.9. The van der Waals surface area contributed by atoms with Crippen molar-refractivity contribution in [3.8, 4) is 0 Å². The number of likely N-dealkylation sites (N-methyl/N-ethyl adjacent to an activating group) is 1. The van der Waals surface area contributed by atoms with Crippen LogP contribution in [0, 0.1) is 0 Å². The number of ether oxygens (including phenoxy) is 3. The molecule has 6 nitrogen and oxygen atoms in total. The van der Waals surface area contributed by atoms with E-state index in [2.05, 4.69) is 5.32 Å². The average molecular weight is 263 g/mol. The first-order valence-corrected chi connectivity index (χ1v) is 6.19. The molecule has 0 amide bonds. The fourth-order valence-corrected chi connectivity index (χ4v) is 1.40. The molecule has 0 aliphatic heterocycles. The van der Waals surface area contributed by atoms with Crippen molar-refractivity contribution in [2.24, 2.45) is 0 Å². The Bertz CT molecular complexity index is 225. The first-order valence-electron chi connectivity index (χ1n) is 6.19. The minimum atomic E-state index is -0.925. The lowest BCUT2D eigenvalue weighted by Gasteiger charge is -2.25. The summed E-state index contributed by atoms with van der Waals surface area (Å²) in [4.78, 5) is 11.1. The van der Waals surface area contributed by atoms with Gasteiger partial charge < -0.3 is 24.6 Å². The molecular weight excluding hydrogens is 238 g/mol. The van der Waals surface area contributed by atoms with E-state index in [1.807, 2.05) is 6.92 Å². The van der Waals surface area contributed by atoms with Crippen LogP contribution in [0.5, 0.6) is 0 Å². The van der Waals surface area contributed by atoms with Crippen LogP contribution in [-0.4, -0.2) is 63.3 Å². The van der Waals surface area contributed by atoms with Crippen molar-refractivity contribution in [1.29, 1.82) is 0 Å². The number of aliphatic carboxylic acids is 1. The number of carboxylic acids is 1. The minimum Gasteiger partial charge on any atom is -0.480 e. The van der Waals surface area contributed by atoms with Crippen LogP contribution in [0.4, 0.5) is 0 Å². The summed E-state index contributed by atoms with van der Waals surface area (Å²) in [5.41, 5.74) is -0.925. The Kier molecular flexibility index (Phi) is 9.86. The van der Waals surface area contributed by atoms with Gasteiger partial charge in [0.15, 0.2) is 0 Å². The molecule has 0 radical (unpaired) electrons. The predicted molar refractivity (Wildman–Crippen MR) is 67.8 cm³/mol. The second-order valence-electron chi connectivity index (χ2n) is 4.14. The van der Waals surface area contributed by atoms with Gasteiger partial charge in [-0.05, 0) is 19.9 Å². The number of nitrogens with one attached hydrogen (secondary N) is 1. The highest BCUT2D eigenvalue weighted by molar-refractivity contribution is 5.78. The molecule has 108 valence electrons. The van der Waals surface area contributed by atoms with Gasteiger partial charge in [-0.15, -0.1) is 0 Å². The van der Waals surface area contributed by atoms with Crippen molar-refractivity contribution in [1.82, 2.24) is 5.32 Å². The van der Waals surface area contributed by atoms with E-state index in [1.54, 1.807) is 14.0 Å². The molecule has 1 atom stereocenters. The Morgan fingerprint density at radius 3 is 2.22 bits per heavy atom. The normalized spacial score (nSPS) is 14.4. The first-order chi connectivity index (χ1) is 8.56. The maximum atomic E-state index is 11.1. The molecular formula is C12H25NO5. The number of carbonyl (C=O) groups is 1. The molecule has 6 heteroatoms. The second kappa shape index (κ2) is 10.3. The van der Waals surface area contributed by atoms with Crippen molar-refractivity contribution in [2.45, 2.75) is 25.8 Å². The lowest BCUT2D eigenvalue weighted by Crippen LogP contribution is -2.50. The van der Waals surface area contributed by atoms with Crippen LogP contribution in [0.3, 0.4) is 0 Å². The maximum absolute atomic E-state index is 11.1. The molecule has 0 aromatic rings. The topological polar surface area (TPSA) is 77.0 Å². The number of methoxy groups -OCH3 is 1. The van der Waals surface area contributed by atoms with E-state index in [1.165, 1.54) is 0 Å². The SMILES string of the molecule is CCNC(C)(CCOCCOCCOC)C(=O)O. The van der Waals surface area contributed by atoms with Gasteiger partial charge in [0, 0.05) is 13.7 Å². The van der Waals surface area contributed by atoms with E-state index in [9.17, 15) is 4.79 Å². The van der Waals surface area contributed by atoms with Crippen LogP contribution < -0.4 is 5.32 Å². The van der Waals surface area contributed by atoms with E-state index in [0.29, 0.717) is 46.0 Å². The smallest absolute Gasteiger partial charge is 0.323 e. The van der Waals surface area contributed by atoms with E-state index >= 15 is 0 Å². The molecule has 1 unspecified atom stereocenters. The monoisotopic (exact) mass is 263 g/mol. The fourth-order valence-electron chi connectivity index (χ4n) is 1.40. The maximum Gasteiger partial charge on any atom is 0.323 e. The Balaban J connectivity index is 3.59. The van der Waals surface area contributed by atoms with Gasteiger partial charge >= 0.3 is 5.97 Å². The van der Waals surface area contributed by atoms with Crippen LogP contribution in [0.25, 0.3) is 0 Å². The lowest BCUT2D eigenvalue weighted by molar-refractivity contribution is -0.145. The summed E-state index contributed by atoms with van der Waals surface area (Å²) in [5, 5.41) is 12.1. The van der Waals surface area contributed by atoms with Crippen molar-refractivity contribution < 1.29 is 24.1 Å². The quantitative estimate of drug-likeness (QED) is 0.500. The second-order valence-corrected chi connectivity index (χ2v) is 4.14. The zero-order valence-corrected chi connectivity index (χ0v) is 11.5. The highest BCUT2D eigenvalue weighted by atomic mass is 16.5. The number of hydrogen-bond donors (Lipinski definition) is 2. The molecule has 0 heterocycles. The number of rotatable bonds is 12. The summed E-state index contributed by atoms with van der Waals surface area (Å²) in [5.74, 6) is -0.857. The molecule has 2 N–H and O–H groups in total. The van der Waals surface area contributed by atoms with E-state index in [0.717, 1.165) is 0 Å². The van der Waals surface area contributed by atoms with Crippen LogP contribution in [0.1, 0.15) is 20.3 Å². The van der Waals surface area contributed by atoms with Crippen molar-refractivity contribution >= 4 is 5.97 Å². The Hall–Kier alpha value is -0.690. The molecule has 0 bridgehead atoms. The van der Waals surface area contributed by atoms with Gasteiger partial charge in [-0.2, -0.15) is 0 Å². The molecule has 0 aromatic carbocycles. The average Bonchev–Trinajstić information content (AvgIpc) is 2.33. The van der Waals surface area contributed by atoms with Gasteiger partial charge in [-0.25, -0.2) is 0 Å². The Labute approximate surface area is 109 Å². The molecule has 0 saturated carbocycles. The third-order valence-corrected chi connectivity index (χ3v) is 2.59. The molecule has 0 rings (SSSR count). The van der Waals surface area contributed by atoms with Crippen LogP contribution in [0.15, 0.2) is 0 Å². The van der Waals surface area contributed by atoms with E-state index < -0.39 is 11.5 Å². The zero-order valence-electron chi connectivity index (χ0n) is 11.5. The highest BCUT2D eigenvalue weighted by Crippen LogP contribution is 2.09. The number of carboxylic acid groups (broad SMARTS) is 1. The molecule has 0 spiro atoms. The van der Waals surface area contributed by atoms with Crippen LogP contribution in [0.2, 0.25) is 0 Å². The first kappa shape index (κ1) is 17.3. The van der Waals surface area contributed by atoms with Crippen molar-refractivity contribution in [2.75, 3.05) is 46.7 Å². The summed E-state index contributed by atoms with van der Waals surface area (Å²) in [6.07, 6.45) is 0.425. The van der Waals surface area contributed by atoms with Crippen molar-refractivity contribution in [3.05, 3.63) is 0 Å². The predicted octanol–water partition coefficient (Wildman–Crippen LogP) is 0.509. The third kappa shape index (κ3) is 7.60. The van der Waals surface area contributed by atoms with Crippen LogP contribution in [-0.2, 0) is 19.0 Å². The third-order valence-electron chi connectivity index (χ3n) is 2.59. The molecule has 0 aliphatic rings. The highest BCUT2D eigenvalue weighted by Gasteiger charge is 2.31. The van der Waals surface area contributed by atoms with Crippen LogP contribution >= 0.6 is 0 Å². The Morgan fingerprint density at radius 2 is 1.72 bits per heavy atom. The lowest BCUT2D eigenvalue weighted by atomic mass is 9.99. The van der Waals surface area contributed by atoms with Gasteiger partial charge in [0.2, 0.25) is 0 Å². The summed E-state index contributed by atoms with van der Waals surface area (Å²) in [6, 6.07) is 0. The van der Waals surface area contributed by atoms with Crippen molar-refractivity contribution in [3.63, 3.8) is 0 Å². The number of hydrogen-bond acceptors (Lipinski definition) is 5. The Morgan fingerprint density at radius 1 is 1.17 bits per heavy atom. The molecule has 0 aromatic heterocycles. The van der Waals surface area contributed by atoms with Gasteiger partial charge in [0.05, 0.1) is 26.4 Å². The molecule has 0 fully saturated rings. The summed E-state index contributed by atoms with van der Waals surface area (Å²) < 4.78 is 15.4. The molecule has 0 aliphatic carbocycles. The summed E-state index contributed by atoms with van der Waals surface area (Å²) in [6.45, 7) is 6.62. The van der Waals surface area contributed by atoms with Gasteiger partial charge in [0.1, 0.15) is 5.54 Å². The van der Waals surface area contributed by atoms with Gasteiger partial charge in [0.25, 0.3) is 0 Å². The largest absolute Gasteiger partial charge is 0.480 e. The van der Waals surface area contributed by atoms with E-state index in [4.69, 9.17) is 19.3 Å². The van der Waals surface area contributed by atoms with Gasteiger partial charge in [-0.3, -0.25) is 4.79 Å². The molecule has 0 saturated heterocycles. The minimum absolute atomic E-state index is 0.392.